The molecule has 0 aliphatic carbocycles. The van der Waals surface area contributed by atoms with Gasteiger partial charge in [0.25, 0.3) is 5.91 Å². The van der Waals surface area contributed by atoms with Crippen LogP contribution in [0.1, 0.15) is 21.9 Å². The number of hydrogen-bond acceptors (Lipinski definition) is 5. The van der Waals surface area contributed by atoms with Gasteiger partial charge in [0.1, 0.15) is 4.90 Å². The number of aromatic nitrogens is 2. The second-order valence-electron chi connectivity index (χ2n) is 5.56. The quantitative estimate of drug-likeness (QED) is 0.817. The highest BCUT2D eigenvalue weighted by Gasteiger charge is 2.33. The molecule has 10 heteroatoms. The molecule has 8 nitrogen and oxygen atoms in total. The third-order valence-electron chi connectivity index (χ3n) is 3.97. The molecule has 1 saturated heterocycles. The van der Waals surface area contributed by atoms with Crippen LogP contribution in [0.15, 0.2) is 26.1 Å². The van der Waals surface area contributed by atoms with Gasteiger partial charge in [0.2, 0.25) is 10.0 Å². The summed E-state index contributed by atoms with van der Waals surface area (Å²) < 4.78 is 32.7. The van der Waals surface area contributed by atoms with Crippen molar-refractivity contribution in [3.63, 3.8) is 0 Å². The Hall–Kier alpha value is -1.65. The Morgan fingerprint density at radius 3 is 2.42 bits per heavy atom. The zero-order valence-corrected chi connectivity index (χ0v) is 15.6. The molecule has 0 unspecified atom stereocenters. The van der Waals surface area contributed by atoms with Crippen molar-refractivity contribution in [2.45, 2.75) is 18.7 Å². The standard InChI is InChI=1S/C14H17BrN4O4S/c1-9-13(10(2)17-16-9)24(21,22)19-7-5-18(6-8-19)14(20)11-3-4-12(15)23-11/h3-4H,5-8H2,1-2H3,(H,16,17). The van der Waals surface area contributed by atoms with Gasteiger partial charge in [-0.1, -0.05) is 0 Å². The van der Waals surface area contributed by atoms with Gasteiger partial charge in [-0.05, 0) is 41.9 Å². The molecule has 0 spiro atoms. The summed E-state index contributed by atoms with van der Waals surface area (Å²) in [6.07, 6.45) is 0. The molecule has 0 saturated carbocycles. The fraction of sp³-hybridized carbons (Fsp3) is 0.429. The van der Waals surface area contributed by atoms with Crippen LogP contribution < -0.4 is 0 Å². The van der Waals surface area contributed by atoms with Crippen LogP contribution in [-0.2, 0) is 10.0 Å². The van der Waals surface area contributed by atoms with Crippen LogP contribution in [-0.4, -0.2) is 59.9 Å². The zero-order chi connectivity index (χ0) is 17.5. The summed E-state index contributed by atoms with van der Waals surface area (Å²) in [4.78, 5) is 14.1. The first-order valence-electron chi connectivity index (χ1n) is 7.37. The maximum absolute atomic E-state index is 12.8. The number of H-pyrrole nitrogens is 1. The molecule has 3 rings (SSSR count). The highest BCUT2D eigenvalue weighted by Crippen LogP contribution is 2.23. The highest BCUT2D eigenvalue weighted by molar-refractivity contribution is 9.10. The van der Waals surface area contributed by atoms with E-state index < -0.39 is 10.0 Å². The van der Waals surface area contributed by atoms with Crippen LogP contribution in [0.3, 0.4) is 0 Å². The molecule has 1 aliphatic heterocycles. The Kier molecular flexibility index (Phi) is 4.54. The number of halogens is 1. The van der Waals surface area contributed by atoms with E-state index in [1.54, 1.807) is 30.9 Å². The molecule has 1 N–H and O–H groups in total. The third-order valence-corrected chi connectivity index (χ3v) is 6.56. The molecular weight excluding hydrogens is 400 g/mol. The number of piperazine rings is 1. The second-order valence-corrected chi connectivity index (χ2v) is 8.22. The predicted octanol–water partition coefficient (Wildman–Crippen LogP) is 1.53. The molecular formula is C14H17BrN4O4S. The number of sulfonamides is 1. The Morgan fingerprint density at radius 2 is 1.92 bits per heavy atom. The summed E-state index contributed by atoms with van der Waals surface area (Å²) in [7, 11) is -3.62. The van der Waals surface area contributed by atoms with E-state index in [4.69, 9.17) is 4.42 Å². The molecule has 1 amide bonds. The summed E-state index contributed by atoms with van der Waals surface area (Å²) in [5.41, 5.74) is 0.970. The lowest BCUT2D eigenvalue weighted by molar-refractivity contribution is 0.0664. The number of aromatic amines is 1. The lowest BCUT2D eigenvalue weighted by Crippen LogP contribution is -2.50. The molecule has 1 fully saturated rings. The molecule has 24 heavy (non-hydrogen) atoms. The number of rotatable bonds is 3. The van der Waals surface area contributed by atoms with E-state index in [2.05, 4.69) is 26.1 Å². The van der Waals surface area contributed by atoms with Crippen LogP contribution in [0.25, 0.3) is 0 Å². The maximum atomic E-state index is 12.8. The first-order chi connectivity index (χ1) is 11.3. The zero-order valence-electron chi connectivity index (χ0n) is 13.2. The topological polar surface area (TPSA) is 99.5 Å². The van der Waals surface area contributed by atoms with E-state index in [-0.39, 0.29) is 29.7 Å². The molecule has 3 heterocycles. The Labute approximate surface area is 148 Å². The summed E-state index contributed by atoms with van der Waals surface area (Å²) in [5.74, 6) is -0.00637. The summed E-state index contributed by atoms with van der Waals surface area (Å²) >= 11 is 3.16. The van der Waals surface area contributed by atoms with Crippen molar-refractivity contribution >= 4 is 31.9 Å². The largest absolute Gasteiger partial charge is 0.444 e. The fourth-order valence-electron chi connectivity index (χ4n) is 2.77. The van der Waals surface area contributed by atoms with Gasteiger partial charge in [0, 0.05) is 26.2 Å². The number of nitrogens with zero attached hydrogens (tertiary/aromatic N) is 3. The summed E-state index contributed by atoms with van der Waals surface area (Å²) in [5, 5.41) is 6.65. The fourth-order valence-corrected chi connectivity index (χ4v) is 4.83. The van der Waals surface area contributed by atoms with Gasteiger partial charge in [-0.3, -0.25) is 9.89 Å². The second kappa shape index (κ2) is 6.34. The molecule has 0 radical (unpaired) electrons. The number of amides is 1. The summed E-state index contributed by atoms with van der Waals surface area (Å²) in [6.45, 7) is 4.44. The number of aryl methyl sites for hydroxylation is 2. The summed E-state index contributed by atoms with van der Waals surface area (Å²) in [6, 6.07) is 3.24. The minimum Gasteiger partial charge on any atom is -0.444 e. The Balaban J connectivity index is 1.72. The van der Waals surface area contributed by atoms with Crippen molar-refractivity contribution in [1.29, 1.82) is 0 Å². The maximum Gasteiger partial charge on any atom is 0.289 e. The van der Waals surface area contributed by atoms with Crippen LogP contribution >= 0.6 is 15.9 Å². The van der Waals surface area contributed by atoms with Crippen LogP contribution in [0.2, 0.25) is 0 Å². The highest BCUT2D eigenvalue weighted by atomic mass is 79.9. The van der Waals surface area contributed by atoms with Gasteiger partial charge in [0.05, 0.1) is 11.4 Å². The van der Waals surface area contributed by atoms with E-state index in [0.29, 0.717) is 29.1 Å². The van der Waals surface area contributed by atoms with Crippen molar-refractivity contribution in [1.82, 2.24) is 19.4 Å². The van der Waals surface area contributed by atoms with Crippen LogP contribution in [0.4, 0.5) is 0 Å². The van der Waals surface area contributed by atoms with Gasteiger partial charge in [-0.25, -0.2) is 8.42 Å². The number of nitrogens with one attached hydrogen (secondary N) is 1. The first kappa shape index (κ1) is 17.2. The van der Waals surface area contributed by atoms with E-state index in [0.717, 1.165) is 0 Å². The number of carbonyl (C=O) groups excluding carboxylic acids is 1. The van der Waals surface area contributed by atoms with Gasteiger partial charge < -0.3 is 9.32 Å². The van der Waals surface area contributed by atoms with Gasteiger partial charge in [0.15, 0.2) is 10.4 Å². The van der Waals surface area contributed by atoms with Crippen molar-refractivity contribution < 1.29 is 17.6 Å². The van der Waals surface area contributed by atoms with E-state index in [1.165, 1.54) is 4.31 Å². The van der Waals surface area contributed by atoms with Gasteiger partial charge >= 0.3 is 0 Å². The predicted molar refractivity (Wildman–Crippen MR) is 89.1 cm³/mol. The smallest absolute Gasteiger partial charge is 0.289 e. The van der Waals surface area contributed by atoms with Gasteiger partial charge in [-0.2, -0.15) is 9.40 Å². The molecule has 0 atom stereocenters. The number of furan rings is 1. The van der Waals surface area contributed by atoms with Crippen molar-refractivity contribution in [2.75, 3.05) is 26.2 Å². The lowest BCUT2D eigenvalue weighted by Gasteiger charge is -2.33. The minimum absolute atomic E-state index is 0.220. The van der Waals surface area contributed by atoms with E-state index in [1.807, 2.05) is 0 Å². The average Bonchev–Trinajstić information content (AvgIpc) is 3.12. The Morgan fingerprint density at radius 1 is 1.25 bits per heavy atom. The van der Waals surface area contributed by atoms with Gasteiger partial charge in [-0.15, -0.1) is 0 Å². The number of hydrogen-bond donors (Lipinski definition) is 1. The van der Waals surface area contributed by atoms with Crippen LogP contribution in [0.5, 0.6) is 0 Å². The monoisotopic (exact) mass is 416 g/mol. The number of carbonyl (C=O) groups is 1. The molecule has 2 aromatic rings. The first-order valence-corrected chi connectivity index (χ1v) is 9.60. The van der Waals surface area contributed by atoms with Crippen molar-refractivity contribution in [3.05, 3.63) is 34.0 Å². The Bertz CT molecular complexity index is 846. The van der Waals surface area contributed by atoms with Crippen molar-refractivity contribution in [3.8, 4) is 0 Å². The van der Waals surface area contributed by atoms with E-state index in [9.17, 15) is 13.2 Å². The molecule has 2 aromatic heterocycles. The van der Waals surface area contributed by atoms with E-state index >= 15 is 0 Å². The van der Waals surface area contributed by atoms with Crippen molar-refractivity contribution in [2.24, 2.45) is 0 Å². The molecule has 0 aromatic carbocycles. The SMILES string of the molecule is Cc1n[nH]c(C)c1S(=O)(=O)N1CCN(C(=O)c2ccc(Br)o2)CC1. The molecule has 1 aliphatic rings. The van der Waals surface area contributed by atoms with Crippen LogP contribution in [0, 0.1) is 13.8 Å². The molecule has 130 valence electrons. The normalized spacial score (nSPS) is 16.5. The third kappa shape index (κ3) is 3.01. The lowest BCUT2D eigenvalue weighted by atomic mass is 10.3. The molecule has 0 bridgehead atoms. The minimum atomic E-state index is -3.62. The average molecular weight is 417 g/mol.